The van der Waals surface area contributed by atoms with Gasteiger partial charge in [0.15, 0.2) is 5.69 Å². The summed E-state index contributed by atoms with van der Waals surface area (Å²) in [6.07, 6.45) is 5.63. The number of aromatic nitrogens is 5. The molecule has 3 aromatic carbocycles. The van der Waals surface area contributed by atoms with Gasteiger partial charge in [-0.2, -0.15) is 0 Å². The molecule has 5 heterocycles. The van der Waals surface area contributed by atoms with E-state index in [0.29, 0.717) is 46.7 Å². The van der Waals surface area contributed by atoms with Gasteiger partial charge in [-0.3, -0.25) is 33.7 Å². The third kappa shape index (κ3) is 21.1. The van der Waals surface area contributed by atoms with Gasteiger partial charge in [-0.15, -0.1) is 16.7 Å². The lowest BCUT2D eigenvalue weighted by Gasteiger charge is -2.26. The number of nitrogens with one attached hydrogen (secondary N) is 5. The van der Waals surface area contributed by atoms with Crippen molar-refractivity contribution in [1.82, 2.24) is 55.0 Å². The van der Waals surface area contributed by atoms with Crippen LogP contribution in [-0.2, 0) is 49.5 Å². The highest BCUT2D eigenvalue weighted by Gasteiger charge is 2.38. The Kier molecular flexibility index (Phi) is 27.8. The quantitative estimate of drug-likeness (QED) is 0.0142. The minimum absolute atomic E-state index is 0.000763. The number of nitrogens with two attached hydrogens (primary N) is 1. The molecule has 2 aliphatic heterocycles. The highest BCUT2D eigenvalue weighted by Crippen LogP contribution is 2.47. The Hall–Kier alpha value is -10.3. The number of carbonyl (C=O) groups is 10. The normalized spacial score (nSPS) is 14.2. The molecule has 11 amide bonds. The first kappa shape index (κ1) is 76.5. The number of amides is 11. The molecule has 4 atom stereocenters. The van der Waals surface area contributed by atoms with Gasteiger partial charge in [0, 0.05) is 99.9 Å². The van der Waals surface area contributed by atoms with Crippen LogP contribution in [0.15, 0.2) is 91.4 Å². The zero-order valence-corrected chi connectivity index (χ0v) is 58.1. The number of primary amides is 1. The fourth-order valence-corrected chi connectivity index (χ4v) is 11.2. The van der Waals surface area contributed by atoms with E-state index in [4.69, 9.17) is 45.8 Å². The van der Waals surface area contributed by atoms with Crippen molar-refractivity contribution in [2.45, 2.75) is 97.6 Å². The van der Waals surface area contributed by atoms with E-state index in [-0.39, 0.29) is 139 Å². The number of hydrogen-bond donors (Lipinski definition) is 7. The number of ether oxygens (including phenoxy) is 6. The van der Waals surface area contributed by atoms with Crippen LogP contribution in [-0.4, -0.2) is 221 Å². The van der Waals surface area contributed by atoms with E-state index >= 15 is 0 Å². The summed E-state index contributed by atoms with van der Waals surface area (Å²) in [5.41, 5.74) is 9.22. The van der Waals surface area contributed by atoms with Crippen molar-refractivity contribution in [3.05, 3.63) is 119 Å². The average molecular weight is 1420 g/mol. The number of imidazole rings is 1. The first-order valence-corrected chi connectivity index (χ1v) is 33.6. The third-order valence-electron chi connectivity index (χ3n) is 16.4. The van der Waals surface area contributed by atoms with Gasteiger partial charge in [0.2, 0.25) is 11.8 Å². The van der Waals surface area contributed by atoms with Crippen LogP contribution in [0.4, 0.5) is 36.2 Å². The standard InChI is InChI=1S/C68H86ClN15O17/c1-41(2)60(76-66(93)99-33-32-97-30-26-82-56(86)19-20-57(82)87)63(90)75-50(12-9-22-71-65(70)92)61(88)72-47-15-13-45(14-16-47)40-100-67(94)79(7)23-24-80(25-29-96-31-27-85)68(95)101-54-34-53-59(58-43(5)10-8-11-49(54)58)46(35-69)36-83(53)64(91)52-38-81-37-48(17-18-55(81)74-52)73-62(89)51-39-84(78-77-51)44(6)21-28-98-42(3)4/h8,10-11,13-20,34,37-39,41-42,44,46,50,60,85H,9,12,21-33,35-36,40H2,1-7H3,(H,72,88)(H,73,89)(H,75,90)(H,76,93)(H3,70,71,92)/t44?,46-,50+,60+/m1/s1. The number of hydrogen-bond acceptors (Lipinski definition) is 20. The summed E-state index contributed by atoms with van der Waals surface area (Å²) in [6.45, 7) is 11.1. The first-order valence-electron chi connectivity index (χ1n) is 33.0. The number of likely N-dealkylation sites (N-methyl/N-ethyl adjacent to an activating group) is 1. The molecule has 8 rings (SSSR count). The Morgan fingerprint density at radius 1 is 0.782 bits per heavy atom. The highest BCUT2D eigenvalue weighted by molar-refractivity contribution is 6.19. The topological polar surface area (TPSA) is 393 Å². The molecule has 0 spiro atoms. The van der Waals surface area contributed by atoms with E-state index in [1.807, 2.05) is 45.9 Å². The number of aliphatic hydroxyl groups is 1. The summed E-state index contributed by atoms with van der Waals surface area (Å²) in [6, 6.07) is 13.7. The lowest BCUT2D eigenvalue weighted by molar-refractivity contribution is -0.137. The number of carbonyl (C=O) groups excluding carboxylic acids is 10. The molecule has 101 heavy (non-hydrogen) atoms. The molecule has 0 aliphatic carbocycles. The molecule has 1 unspecified atom stereocenters. The number of imide groups is 1. The molecule has 0 bridgehead atoms. The lowest BCUT2D eigenvalue weighted by atomic mass is 9.92. The summed E-state index contributed by atoms with van der Waals surface area (Å²) in [7, 11) is 1.49. The van der Waals surface area contributed by atoms with Gasteiger partial charge >= 0.3 is 24.3 Å². The molecule has 3 aromatic heterocycles. The Labute approximate surface area is 587 Å². The second-order valence-corrected chi connectivity index (χ2v) is 24.9. The lowest BCUT2D eigenvalue weighted by Crippen LogP contribution is -2.54. The van der Waals surface area contributed by atoms with Crippen LogP contribution in [0, 0.1) is 12.8 Å². The largest absolute Gasteiger partial charge is 0.447 e. The average Bonchev–Trinajstić information content (AvgIpc) is 1.63. The van der Waals surface area contributed by atoms with Crippen molar-refractivity contribution >= 4 is 105 Å². The van der Waals surface area contributed by atoms with Crippen LogP contribution in [0.5, 0.6) is 5.75 Å². The van der Waals surface area contributed by atoms with Crippen molar-refractivity contribution in [3.8, 4) is 5.75 Å². The first-order chi connectivity index (χ1) is 48.4. The molecular weight excluding hydrogens is 1330 g/mol. The van der Waals surface area contributed by atoms with E-state index in [1.54, 1.807) is 88.9 Å². The maximum absolute atomic E-state index is 14.7. The number of aliphatic hydroxyl groups excluding tert-OH is 1. The van der Waals surface area contributed by atoms with Crippen molar-refractivity contribution in [2.75, 3.05) is 114 Å². The van der Waals surface area contributed by atoms with Crippen LogP contribution in [0.25, 0.3) is 16.4 Å². The van der Waals surface area contributed by atoms with Crippen LogP contribution in [0.1, 0.15) is 104 Å². The van der Waals surface area contributed by atoms with E-state index in [1.165, 1.54) is 16.8 Å². The smallest absolute Gasteiger partial charge is 0.415 e. The number of pyridine rings is 1. The molecule has 8 N–H and O–H groups in total. The maximum Gasteiger partial charge on any atom is 0.415 e. The summed E-state index contributed by atoms with van der Waals surface area (Å²) in [5.74, 6) is -3.67. The number of alkyl carbamates (subject to hydrolysis) is 1. The highest BCUT2D eigenvalue weighted by atomic mass is 35.5. The summed E-state index contributed by atoms with van der Waals surface area (Å²) >= 11 is 6.68. The number of aryl methyl sites for hydroxylation is 1. The SMILES string of the molecule is Cc1cccc2c(OC(=O)N(CCOCCO)CCN(C)C(=O)OCc3ccc(NC(=O)[C@H](CCCNC(N)=O)NC(=O)[C@@H](NC(=O)OCCOCCN4C(=O)C=CC4=O)C(C)C)cc3)cc3c(c12)[C@H](CCl)CN3C(=O)c1cn2cc(NC(=O)c3cn(C(C)CCOC(C)C)nn3)ccc2n1. The molecule has 2 aliphatic rings. The van der Waals surface area contributed by atoms with Crippen LogP contribution in [0.2, 0.25) is 0 Å². The molecule has 6 aromatic rings. The van der Waals surface area contributed by atoms with Crippen molar-refractivity contribution < 1.29 is 81.5 Å². The number of anilines is 3. The van der Waals surface area contributed by atoms with Gasteiger partial charge in [0.25, 0.3) is 23.6 Å². The van der Waals surface area contributed by atoms with Gasteiger partial charge in [-0.25, -0.2) is 28.8 Å². The molecule has 0 saturated heterocycles. The number of halogens is 1. The van der Waals surface area contributed by atoms with Gasteiger partial charge < -0.3 is 84.9 Å². The van der Waals surface area contributed by atoms with Crippen LogP contribution in [0.3, 0.4) is 0 Å². The Bertz CT molecular complexity index is 3960. The summed E-state index contributed by atoms with van der Waals surface area (Å²) in [4.78, 5) is 141. The fraction of sp³-hybridized carbons (Fsp3) is 0.456. The van der Waals surface area contributed by atoms with Crippen molar-refractivity contribution in [1.29, 1.82) is 0 Å². The monoisotopic (exact) mass is 1420 g/mol. The molecule has 542 valence electrons. The zero-order chi connectivity index (χ0) is 72.9. The second-order valence-electron chi connectivity index (χ2n) is 24.6. The van der Waals surface area contributed by atoms with Crippen molar-refractivity contribution in [2.24, 2.45) is 11.7 Å². The second kappa shape index (κ2) is 36.7. The van der Waals surface area contributed by atoms with Crippen LogP contribution >= 0.6 is 11.6 Å². The number of fused-ring (bicyclic) bond motifs is 4. The Morgan fingerprint density at radius 3 is 2.24 bits per heavy atom. The predicted molar refractivity (Wildman–Crippen MR) is 369 cm³/mol. The van der Waals surface area contributed by atoms with Gasteiger partial charge in [-0.1, -0.05) is 49.4 Å². The predicted octanol–water partition coefficient (Wildman–Crippen LogP) is 5.64. The maximum atomic E-state index is 14.7. The number of urea groups is 1. The molecule has 0 radical (unpaired) electrons. The summed E-state index contributed by atoms with van der Waals surface area (Å²) < 4.78 is 36.9. The van der Waals surface area contributed by atoms with E-state index in [2.05, 4.69) is 41.9 Å². The number of rotatable bonds is 36. The molecule has 32 nitrogen and oxygen atoms in total. The van der Waals surface area contributed by atoms with E-state index < -0.39 is 77.8 Å². The number of benzene rings is 3. The van der Waals surface area contributed by atoms with Gasteiger partial charge in [-0.05, 0) is 99.2 Å². The molecular formula is C68H86ClN15O17. The number of nitrogens with zero attached hydrogens (tertiary/aromatic N) is 9. The Balaban J connectivity index is 0.868. The third-order valence-corrected chi connectivity index (χ3v) is 16.8. The van der Waals surface area contributed by atoms with E-state index in [9.17, 15) is 53.1 Å². The minimum atomic E-state index is -1.16. The van der Waals surface area contributed by atoms with Crippen LogP contribution < -0.4 is 42.0 Å². The molecule has 0 fully saturated rings. The number of alkyl halides is 1. The van der Waals surface area contributed by atoms with E-state index in [0.717, 1.165) is 33.6 Å². The summed E-state index contributed by atoms with van der Waals surface area (Å²) in [5, 5.41) is 32.3. The van der Waals surface area contributed by atoms with Crippen molar-refractivity contribution in [3.63, 3.8) is 0 Å². The molecule has 33 heteroatoms. The Morgan fingerprint density at radius 2 is 1.52 bits per heavy atom. The molecule has 0 saturated carbocycles. The fourth-order valence-electron chi connectivity index (χ4n) is 11.0. The zero-order valence-electron chi connectivity index (χ0n) is 57.3. The van der Waals surface area contributed by atoms with Gasteiger partial charge in [0.05, 0.1) is 69.3 Å². The van der Waals surface area contributed by atoms with Gasteiger partial charge in [0.1, 0.15) is 42.4 Å². The minimum Gasteiger partial charge on any atom is -0.447 e.